The minimum atomic E-state index is -0.724. The highest BCUT2D eigenvalue weighted by Gasteiger charge is 2.25. The van der Waals surface area contributed by atoms with E-state index >= 15 is 0 Å². The fraction of sp³-hybridized carbons (Fsp3) is 0.440. The number of benzene rings is 2. The highest BCUT2D eigenvalue weighted by Crippen LogP contribution is 2.22. The van der Waals surface area contributed by atoms with E-state index in [4.69, 9.17) is 14.2 Å². The van der Waals surface area contributed by atoms with E-state index in [1.54, 1.807) is 24.3 Å². The molecule has 0 spiro atoms. The maximum atomic E-state index is 12.9. The van der Waals surface area contributed by atoms with Gasteiger partial charge in [-0.25, -0.2) is 0 Å². The third kappa shape index (κ3) is 6.81. The molecule has 2 aromatic carbocycles. The van der Waals surface area contributed by atoms with Crippen molar-refractivity contribution in [3.05, 3.63) is 59.7 Å². The first-order chi connectivity index (χ1) is 15.1. The smallest absolute Gasteiger partial charge is 0.265 e. The summed E-state index contributed by atoms with van der Waals surface area (Å²) in [5, 5.41) is 12.2. The summed E-state index contributed by atoms with van der Waals surface area (Å²) in [5.41, 5.74) is 2.07. The lowest BCUT2D eigenvalue weighted by Crippen LogP contribution is -2.37. The molecule has 31 heavy (non-hydrogen) atoms. The lowest BCUT2D eigenvalue weighted by molar-refractivity contribution is -0.124. The molecule has 1 heterocycles. The molecule has 0 saturated carbocycles. The molecule has 1 aliphatic heterocycles. The third-order valence-corrected chi connectivity index (χ3v) is 5.17. The first kappa shape index (κ1) is 22.8. The molecule has 6 nitrogen and oxygen atoms in total. The second-order valence-corrected chi connectivity index (χ2v) is 8.08. The van der Waals surface area contributed by atoms with E-state index < -0.39 is 6.10 Å². The van der Waals surface area contributed by atoms with Gasteiger partial charge in [-0.15, -0.1) is 0 Å². The minimum Gasteiger partial charge on any atom is -0.479 e. The number of anilines is 1. The molecule has 164 valence electrons. The Kier molecular flexibility index (Phi) is 8.45. The van der Waals surface area contributed by atoms with Crippen LogP contribution in [0.5, 0.6) is 5.75 Å². The molecule has 1 fully saturated rings. The highest BCUT2D eigenvalue weighted by atomic mass is 16.5. The third-order valence-electron chi connectivity index (χ3n) is 5.17. The zero-order chi connectivity index (χ0) is 22.1. The van der Waals surface area contributed by atoms with Gasteiger partial charge in [0.2, 0.25) is 0 Å². The molecule has 2 atom stereocenters. The molecule has 3 rings (SSSR count). The summed E-state index contributed by atoms with van der Waals surface area (Å²) in [4.78, 5) is 12.9. The number of amides is 1. The highest BCUT2D eigenvalue weighted by molar-refractivity contribution is 5.94. The van der Waals surface area contributed by atoms with Crippen molar-refractivity contribution in [3.63, 3.8) is 0 Å². The Balaban J connectivity index is 1.58. The van der Waals surface area contributed by atoms with E-state index in [-0.39, 0.29) is 17.9 Å². The predicted molar refractivity (Wildman–Crippen MR) is 119 cm³/mol. The minimum absolute atomic E-state index is 0.0752. The molecular weight excluding hydrogens is 392 g/mol. The van der Waals surface area contributed by atoms with Crippen molar-refractivity contribution in [2.45, 2.75) is 51.9 Å². The van der Waals surface area contributed by atoms with Gasteiger partial charge >= 0.3 is 0 Å². The topological polar surface area (TPSA) is 80.6 Å². The average Bonchev–Trinajstić information content (AvgIpc) is 2.78. The number of nitriles is 1. The van der Waals surface area contributed by atoms with Gasteiger partial charge in [0.1, 0.15) is 11.8 Å². The first-order valence-electron chi connectivity index (χ1n) is 10.8. The molecule has 0 radical (unpaired) electrons. The fourth-order valence-electron chi connectivity index (χ4n) is 3.49. The standard InChI is InChI=1S/C25H30N2O4/c1-18(2)24(31-23-12-4-3-9-20(23)15-26)25(28)27-21-10-7-8-19(14-21)16-29-17-22-11-5-6-13-30-22/h3-4,7-10,12,14,18,22,24H,5-6,11,13,16-17H2,1-2H3,(H,27,28). The van der Waals surface area contributed by atoms with Gasteiger partial charge in [0.25, 0.3) is 5.91 Å². The van der Waals surface area contributed by atoms with Gasteiger partial charge in [0.15, 0.2) is 6.10 Å². The summed E-state index contributed by atoms with van der Waals surface area (Å²) < 4.78 is 17.4. The van der Waals surface area contributed by atoms with Crippen molar-refractivity contribution < 1.29 is 19.0 Å². The van der Waals surface area contributed by atoms with Gasteiger partial charge < -0.3 is 19.5 Å². The normalized spacial score (nSPS) is 17.0. The molecule has 1 N–H and O–H groups in total. The number of carbonyl (C=O) groups is 1. The van der Waals surface area contributed by atoms with Crippen LogP contribution in [0.4, 0.5) is 5.69 Å². The molecular formula is C25H30N2O4. The van der Waals surface area contributed by atoms with Crippen LogP contribution in [0.3, 0.4) is 0 Å². The summed E-state index contributed by atoms with van der Waals surface area (Å²) in [6.45, 7) is 5.68. The molecule has 2 aromatic rings. The van der Waals surface area contributed by atoms with E-state index in [1.165, 1.54) is 6.42 Å². The lowest BCUT2D eigenvalue weighted by Gasteiger charge is -2.23. The Morgan fingerprint density at radius 1 is 1.23 bits per heavy atom. The van der Waals surface area contributed by atoms with Gasteiger partial charge in [-0.1, -0.05) is 38.1 Å². The van der Waals surface area contributed by atoms with Crippen LogP contribution >= 0.6 is 0 Å². The number of carbonyl (C=O) groups excluding carboxylic acids is 1. The molecule has 0 bridgehead atoms. The Hall–Kier alpha value is -2.88. The molecule has 2 unspecified atom stereocenters. The molecule has 1 amide bonds. The monoisotopic (exact) mass is 422 g/mol. The van der Waals surface area contributed by atoms with Gasteiger partial charge in [-0.2, -0.15) is 5.26 Å². The summed E-state index contributed by atoms with van der Waals surface area (Å²) in [7, 11) is 0. The summed E-state index contributed by atoms with van der Waals surface area (Å²) in [6.07, 6.45) is 2.81. The summed E-state index contributed by atoms with van der Waals surface area (Å²) in [5.74, 6) is 0.0797. The number of para-hydroxylation sites is 1. The van der Waals surface area contributed by atoms with Crippen molar-refractivity contribution in [3.8, 4) is 11.8 Å². The number of hydrogen-bond donors (Lipinski definition) is 1. The Labute approximate surface area is 184 Å². The fourth-order valence-corrected chi connectivity index (χ4v) is 3.49. The number of nitrogens with zero attached hydrogens (tertiary/aromatic N) is 1. The van der Waals surface area contributed by atoms with Crippen molar-refractivity contribution in [1.82, 2.24) is 0 Å². The van der Waals surface area contributed by atoms with E-state index in [0.29, 0.717) is 30.2 Å². The van der Waals surface area contributed by atoms with Crippen molar-refractivity contribution in [2.75, 3.05) is 18.5 Å². The molecule has 1 aliphatic rings. The number of nitrogens with one attached hydrogen (secondary N) is 1. The first-order valence-corrected chi connectivity index (χ1v) is 10.8. The Morgan fingerprint density at radius 3 is 2.81 bits per heavy atom. The lowest BCUT2D eigenvalue weighted by atomic mass is 10.1. The Bertz CT molecular complexity index is 900. The zero-order valence-corrected chi connectivity index (χ0v) is 18.2. The number of ether oxygens (including phenoxy) is 3. The van der Waals surface area contributed by atoms with Gasteiger partial charge in [-0.05, 0) is 55.0 Å². The quantitative estimate of drug-likeness (QED) is 0.634. The SMILES string of the molecule is CC(C)C(Oc1ccccc1C#N)C(=O)Nc1cccc(COCC2CCCCO2)c1. The van der Waals surface area contributed by atoms with Crippen LogP contribution in [-0.4, -0.2) is 31.3 Å². The van der Waals surface area contributed by atoms with Crippen molar-refractivity contribution in [2.24, 2.45) is 5.92 Å². The molecule has 0 aromatic heterocycles. The van der Waals surface area contributed by atoms with Crippen LogP contribution in [0.25, 0.3) is 0 Å². The zero-order valence-electron chi connectivity index (χ0n) is 18.2. The molecule has 0 aliphatic carbocycles. The summed E-state index contributed by atoms with van der Waals surface area (Å²) in [6, 6.07) is 16.6. The van der Waals surface area contributed by atoms with E-state index in [0.717, 1.165) is 25.0 Å². The summed E-state index contributed by atoms with van der Waals surface area (Å²) >= 11 is 0. The van der Waals surface area contributed by atoms with Gasteiger partial charge in [0, 0.05) is 12.3 Å². The predicted octanol–water partition coefficient (Wildman–Crippen LogP) is 4.69. The molecule has 1 saturated heterocycles. The van der Waals surface area contributed by atoms with Crippen LogP contribution in [0.1, 0.15) is 44.2 Å². The second-order valence-electron chi connectivity index (χ2n) is 8.08. The van der Waals surface area contributed by atoms with E-state index in [2.05, 4.69) is 11.4 Å². The van der Waals surface area contributed by atoms with Gasteiger partial charge in [0.05, 0.1) is 24.9 Å². The van der Waals surface area contributed by atoms with Crippen molar-refractivity contribution >= 4 is 11.6 Å². The van der Waals surface area contributed by atoms with Crippen molar-refractivity contribution in [1.29, 1.82) is 5.26 Å². The van der Waals surface area contributed by atoms with Crippen LogP contribution in [0.2, 0.25) is 0 Å². The second kappa shape index (κ2) is 11.5. The van der Waals surface area contributed by atoms with Gasteiger partial charge in [-0.3, -0.25) is 4.79 Å². The maximum absolute atomic E-state index is 12.9. The number of rotatable bonds is 9. The molecule has 6 heteroatoms. The van der Waals surface area contributed by atoms with E-state index in [1.807, 2.05) is 38.1 Å². The Morgan fingerprint density at radius 2 is 2.06 bits per heavy atom. The number of hydrogen-bond acceptors (Lipinski definition) is 5. The van der Waals surface area contributed by atoms with E-state index in [9.17, 15) is 10.1 Å². The average molecular weight is 423 g/mol. The largest absolute Gasteiger partial charge is 0.479 e. The van der Waals surface area contributed by atoms with Crippen LogP contribution in [0.15, 0.2) is 48.5 Å². The van der Waals surface area contributed by atoms with Crippen LogP contribution < -0.4 is 10.1 Å². The maximum Gasteiger partial charge on any atom is 0.265 e. The van der Waals surface area contributed by atoms with Crippen LogP contribution in [-0.2, 0) is 20.9 Å². The van der Waals surface area contributed by atoms with Crippen LogP contribution in [0, 0.1) is 17.2 Å².